The van der Waals surface area contributed by atoms with Gasteiger partial charge in [-0.15, -0.1) is 0 Å². The number of unbranched alkanes of at least 4 members (excludes halogenated alkanes) is 1. The molecule has 0 saturated heterocycles. The Morgan fingerprint density at radius 1 is 0.969 bits per heavy atom. The SMILES string of the molecule is CCCCN(C(C)c1nc2ccccc2c(=O)n1C)S(=O)(=O)c1cccc2ccccc12. The fourth-order valence-corrected chi connectivity index (χ4v) is 5.97. The summed E-state index contributed by atoms with van der Waals surface area (Å²) in [6, 6.07) is 19.3. The number of nitrogens with zero attached hydrogens (tertiary/aromatic N) is 3. The van der Waals surface area contributed by atoms with Gasteiger partial charge in [0.05, 0.1) is 21.8 Å². The van der Waals surface area contributed by atoms with Gasteiger partial charge >= 0.3 is 0 Å². The predicted octanol–water partition coefficient (Wildman–Crippen LogP) is 4.64. The van der Waals surface area contributed by atoms with Crippen LogP contribution in [0.25, 0.3) is 21.7 Å². The molecule has 0 aliphatic rings. The van der Waals surface area contributed by atoms with Crippen molar-refractivity contribution in [2.24, 2.45) is 7.05 Å². The van der Waals surface area contributed by atoms with Crippen molar-refractivity contribution in [3.05, 3.63) is 82.9 Å². The van der Waals surface area contributed by atoms with Crippen molar-refractivity contribution in [2.45, 2.75) is 37.6 Å². The van der Waals surface area contributed by atoms with Crippen LogP contribution in [0.15, 0.2) is 76.4 Å². The fourth-order valence-electron chi connectivity index (χ4n) is 4.12. The average molecular weight is 450 g/mol. The molecular weight excluding hydrogens is 422 g/mol. The summed E-state index contributed by atoms with van der Waals surface area (Å²) in [6.07, 6.45) is 1.55. The maximum Gasteiger partial charge on any atom is 0.261 e. The molecule has 6 nitrogen and oxygen atoms in total. The van der Waals surface area contributed by atoms with Crippen LogP contribution in [0, 0.1) is 0 Å². The van der Waals surface area contributed by atoms with Gasteiger partial charge in [-0.25, -0.2) is 13.4 Å². The molecule has 32 heavy (non-hydrogen) atoms. The molecule has 4 rings (SSSR count). The average Bonchev–Trinajstić information content (AvgIpc) is 2.81. The molecule has 1 aromatic heterocycles. The third-order valence-corrected chi connectivity index (χ3v) is 7.92. The Morgan fingerprint density at radius 3 is 2.38 bits per heavy atom. The molecule has 0 saturated carbocycles. The molecule has 0 spiro atoms. The van der Waals surface area contributed by atoms with Crippen molar-refractivity contribution in [1.82, 2.24) is 13.9 Å². The summed E-state index contributed by atoms with van der Waals surface area (Å²) < 4.78 is 30.8. The first-order chi connectivity index (χ1) is 15.4. The number of aromatic nitrogens is 2. The first-order valence-electron chi connectivity index (χ1n) is 10.8. The van der Waals surface area contributed by atoms with Crippen LogP contribution in [0.3, 0.4) is 0 Å². The molecule has 0 fully saturated rings. The summed E-state index contributed by atoms with van der Waals surface area (Å²) in [7, 11) is -2.20. The lowest BCUT2D eigenvalue weighted by Crippen LogP contribution is -2.38. The molecular formula is C25H27N3O3S. The monoisotopic (exact) mass is 449 g/mol. The topological polar surface area (TPSA) is 72.3 Å². The summed E-state index contributed by atoms with van der Waals surface area (Å²) >= 11 is 0. The van der Waals surface area contributed by atoms with Gasteiger partial charge in [-0.3, -0.25) is 9.36 Å². The normalized spacial score (nSPS) is 13.1. The molecule has 0 radical (unpaired) electrons. The van der Waals surface area contributed by atoms with Gasteiger partial charge in [0, 0.05) is 19.0 Å². The molecule has 0 N–H and O–H groups in total. The van der Waals surface area contributed by atoms with E-state index >= 15 is 0 Å². The zero-order valence-corrected chi connectivity index (χ0v) is 19.3. The lowest BCUT2D eigenvalue weighted by molar-refractivity contribution is 0.319. The molecule has 1 heterocycles. The Kier molecular flexibility index (Phi) is 6.13. The smallest absolute Gasteiger partial charge is 0.261 e. The quantitative estimate of drug-likeness (QED) is 0.412. The maximum absolute atomic E-state index is 13.9. The predicted molar refractivity (Wildman–Crippen MR) is 128 cm³/mol. The number of hydrogen-bond acceptors (Lipinski definition) is 4. The molecule has 1 unspecified atom stereocenters. The van der Waals surface area contributed by atoms with Crippen LogP contribution in [-0.2, 0) is 17.1 Å². The number of benzene rings is 3. The Balaban J connectivity index is 1.88. The molecule has 0 aliphatic carbocycles. The number of rotatable bonds is 7. The molecule has 166 valence electrons. The van der Waals surface area contributed by atoms with Crippen molar-refractivity contribution in [3.8, 4) is 0 Å². The molecule has 0 amide bonds. The van der Waals surface area contributed by atoms with Crippen LogP contribution in [0.1, 0.15) is 38.6 Å². The fraction of sp³-hybridized carbons (Fsp3) is 0.280. The van der Waals surface area contributed by atoms with Gasteiger partial charge in [0.1, 0.15) is 5.82 Å². The van der Waals surface area contributed by atoms with Gasteiger partial charge in [0.15, 0.2) is 0 Å². The minimum Gasteiger partial charge on any atom is -0.298 e. The minimum absolute atomic E-state index is 0.185. The van der Waals surface area contributed by atoms with E-state index in [-0.39, 0.29) is 10.5 Å². The lowest BCUT2D eigenvalue weighted by Gasteiger charge is -2.29. The van der Waals surface area contributed by atoms with E-state index in [0.29, 0.717) is 35.1 Å². The van der Waals surface area contributed by atoms with Crippen molar-refractivity contribution >= 4 is 31.7 Å². The highest BCUT2D eigenvalue weighted by Gasteiger charge is 2.33. The van der Waals surface area contributed by atoms with E-state index in [4.69, 9.17) is 4.98 Å². The summed E-state index contributed by atoms with van der Waals surface area (Å²) in [4.78, 5) is 17.9. The zero-order valence-electron chi connectivity index (χ0n) is 18.5. The Hall–Kier alpha value is -3.03. The molecule has 3 aromatic carbocycles. The largest absolute Gasteiger partial charge is 0.298 e. The first kappa shape index (κ1) is 22.2. The minimum atomic E-state index is -3.85. The van der Waals surface area contributed by atoms with Crippen LogP contribution in [0.5, 0.6) is 0 Å². The summed E-state index contributed by atoms with van der Waals surface area (Å²) in [5, 5.41) is 2.07. The van der Waals surface area contributed by atoms with E-state index in [0.717, 1.165) is 11.8 Å². The van der Waals surface area contributed by atoms with Gasteiger partial charge in [-0.2, -0.15) is 4.31 Å². The molecule has 0 bridgehead atoms. The number of sulfonamides is 1. The molecule has 4 aromatic rings. The van der Waals surface area contributed by atoms with Gasteiger partial charge in [-0.05, 0) is 36.9 Å². The van der Waals surface area contributed by atoms with Gasteiger partial charge in [-0.1, -0.05) is 61.9 Å². The van der Waals surface area contributed by atoms with Crippen molar-refractivity contribution in [1.29, 1.82) is 0 Å². The van der Waals surface area contributed by atoms with Crippen LogP contribution in [0.2, 0.25) is 0 Å². The highest BCUT2D eigenvalue weighted by Crippen LogP contribution is 2.31. The third kappa shape index (κ3) is 3.82. The van der Waals surface area contributed by atoms with Crippen LogP contribution in [-0.4, -0.2) is 28.8 Å². The second kappa shape index (κ2) is 8.84. The van der Waals surface area contributed by atoms with Crippen LogP contribution < -0.4 is 5.56 Å². The summed E-state index contributed by atoms with van der Waals surface area (Å²) in [5.41, 5.74) is 0.380. The summed E-state index contributed by atoms with van der Waals surface area (Å²) in [5.74, 6) is 0.425. The highest BCUT2D eigenvalue weighted by atomic mass is 32.2. The molecule has 7 heteroatoms. The third-order valence-electron chi connectivity index (χ3n) is 5.89. The Bertz CT molecular complexity index is 1440. The van der Waals surface area contributed by atoms with E-state index in [9.17, 15) is 13.2 Å². The van der Waals surface area contributed by atoms with E-state index in [2.05, 4.69) is 0 Å². The molecule has 1 atom stereocenters. The van der Waals surface area contributed by atoms with Gasteiger partial charge in [0.25, 0.3) is 5.56 Å². The first-order valence-corrected chi connectivity index (χ1v) is 12.3. The van der Waals surface area contributed by atoms with E-state index in [1.807, 2.05) is 43.3 Å². The van der Waals surface area contributed by atoms with Crippen LogP contribution >= 0.6 is 0 Å². The second-order valence-electron chi connectivity index (χ2n) is 7.97. The van der Waals surface area contributed by atoms with Crippen LogP contribution in [0.4, 0.5) is 0 Å². The summed E-state index contributed by atoms with van der Waals surface area (Å²) in [6.45, 7) is 4.16. The number of para-hydroxylation sites is 1. The Morgan fingerprint density at radius 2 is 1.62 bits per heavy atom. The van der Waals surface area contributed by atoms with E-state index in [1.165, 1.54) is 8.87 Å². The lowest BCUT2D eigenvalue weighted by atomic mass is 10.1. The van der Waals surface area contributed by atoms with Gasteiger partial charge in [0.2, 0.25) is 10.0 Å². The van der Waals surface area contributed by atoms with E-state index in [1.54, 1.807) is 44.3 Å². The van der Waals surface area contributed by atoms with E-state index < -0.39 is 16.1 Å². The number of fused-ring (bicyclic) bond motifs is 2. The zero-order chi connectivity index (χ0) is 22.9. The second-order valence-corrected chi connectivity index (χ2v) is 9.83. The van der Waals surface area contributed by atoms with Crippen molar-refractivity contribution in [3.63, 3.8) is 0 Å². The van der Waals surface area contributed by atoms with Crippen molar-refractivity contribution < 1.29 is 8.42 Å². The molecule has 0 aliphatic heterocycles. The maximum atomic E-state index is 13.9. The highest BCUT2D eigenvalue weighted by molar-refractivity contribution is 7.89. The standard InChI is InChI=1S/C25H27N3O3S/c1-4-5-17-28(32(30,31)23-16-10-12-19-11-6-7-13-20(19)23)18(2)24-26-22-15-9-8-14-21(22)25(29)27(24)3/h6-16,18H,4-5,17H2,1-3H3. The Labute approximate surface area is 188 Å². The van der Waals surface area contributed by atoms with Crippen molar-refractivity contribution in [2.75, 3.05) is 6.54 Å². The number of hydrogen-bond donors (Lipinski definition) is 0. The van der Waals surface area contributed by atoms with Gasteiger partial charge < -0.3 is 0 Å².